The monoisotopic (exact) mass is 411 g/mol. The highest BCUT2D eigenvalue weighted by molar-refractivity contribution is 5.85. The van der Waals surface area contributed by atoms with Crippen LogP contribution in [-0.4, -0.2) is 68.5 Å². The van der Waals surface area contributed by atoms with E-state index in [0.717, 1.165) is 30.7 Å². The van der Waals surface area contributed by atoms with Crippen molar-refractivity contribution in [3.63, 3.8) is 0 Å². The van der Waals surface area contributed by atoms with Crippen LogP contribution in [-0.2, 0) is 16.1 Å². The van der Waals surface area contributed by atoms with Gasteiger partial charge in [0.25, 0.3) is 0 Å². The number of carbonyl (C=O) groups is 2. The van der Waals surface area contributed by atoms with Gasteiger partial charge in [0.05, 0.1) is 30.2 Å². The molecule has 3 heterocycles. The van der Waals surface area contributed by atoms with E-state index in [1.807, 2.05) is 11.8 Å². The maximum absolute atomic E-state index is 12.4. The third kappa shape index (κ3) is 4.98. The van der Waals surface area contributed by atoms with Gasteiger partial charge in [-0.3, -0.25) is 19.6 Å². The predicted molar refractivity (Wildman–Crippen MR) is 107 cm³/mol. The number of piperidine rings is 2. The van der Waals surface area contributed by atoms with Gasteiger partial charge in [-0.05, 0) is 38.5 Å². The van der Waals surface area contributed by atoms with Crippen LogP contribution in [0.4, 0.5) is 0 Å². The molecule has 3 rings (SSSR count). The van der Waals surface area contributed by atoms with Crippen molar-refractivity contribution in [3.05, 3.63) is 23.8 Å². The number of halogens is 1. The van der Waals surface area contributed by atoms with Gasteiger partial charge in [-0.25, -0.2) is 0 Å². The molecule has 0 radical (unpaired) electrons. The predicted octanol–water partition coefficient (Wildman–Crippen LogP) is 0.646. The van der Waals surface area contributed by atoms with E-state index in [9.17, 15) is 14.7 Å². The fraction of sp³-hybridized carbons (Fsp3) is 0.684. The molecule has 2 atom stereocenters. The Kier molecular flexibility index (Phi) is 7.36. The first-order valence-corrected chi connectivity index (χ1v) is 9.57. The molecule has 2 aliphatic heterocycles. The van der Waals surface area contributed by atoms with Crippen molar-refractivity contribution in [1.29, 1.82) is 0 Å². The van der Waals surface area contributed by atoms with Crippen molar-refractivity contribution >= 4 is 24.2 Å². The molecule has 2 aliphatic rings. The Balaban J connectivity index is 0.00000280. The number of hydrogen-bond donors (Lipinski definition) is 2. The number of amides is 2. The van der Waals surface area contributed by atoms with Crippen LogP contribution >= 0.6 is 12.4 Å². The molecule has 2 amide bonds. The number of nitrogens with zero attached hydrogens (tertiary/aromatic N) is 4. The van der Waals surface area contributed by atoms with Crippen LogP contribution in [0.15, 0.2) is 12.4 Å². The quantitative estimate of drug-likeness (QED) is 0.752. The smallest absolute Gasteiger partial charge is 0.242 e. The van der Waals surface area contributed by atoms with Gasteiger partial charge in [0.1, 0.15) is 6.04 Å². The van der Waals surface area contributed by atoms with Gasteiger partial charge in [-0.2, -0.15) is 0 Å². The number of hydrogen-bond acceptors (Lipinski definition) is 6. The van der Waals surface area contributed by atoms with E-state index in [-0.39, 0.29) is 29.6 Å². The molecule has 156 valence electrons. The van der Waals surface area contributed by atoms with E-state index >= 15 is 0 Å². The zero-order valence-corrected chi connectivity index (χ0v) is 17.3. The van der Waals surface area contributed by atoms with Gasteiger partial charge < -0.3 is 20.6 Å². The minimum Gasteiger partial charge on any atom is -0.391 e. The summed E-state index contributed by atoms with van der Waals surface area (Å²) in [5, 5.41) is 9.56. The normalized spacial score (nSPS) is 21.2. The number of rotatable bonds is 4. The Morgan fingerprint density at radius 1 is 1.29 bits per heavy atom. The van der Waals surface area contributed by atoms with Crippen LogP contribution in [0, 0.1) is 12.3 Å². The van der Waals surface area contributed by atoms with Crippen molar-refractivity contribution in [2.24, 2.45) is 11.1 Å². The van der Waals surface area contributed by atoms with Crippen molar-refractivity contribution in [2.75, 3.05) is 19.6 Å². The molecule has 1 aromatic rings. The summed E-state index contributed by atoms with van der Waals surface area (Å²) >= 11 is 0. The van der Waals surface area contributed by atoms with Crippen molar-refractivity contribution < 1.29 is 14.7 Å². The van der Waals surface area contributed by atoms with Crippen molar-refractivity contribution in [1.82, 2.24) is 19.8 Å². The molecule has 8 nitrogen and oxygen atoms in total. The standard InChI is InChI=1S/C19H29N5O3.ClH/c1-13-9-22-15(10-21-13)11-24-12-19(4-3-16(24)26)5-7-23(8-6-19)18(27)17(20)14(2)25;/h9-10,14,17,25H,3-8,11-12,20H2,1-2H3;1H/t14-,17+;/m0./s1. The molecule has 2 fully saturated rings. The fourth-order valence-corrected chi connectivity index (χ4v) is 3.97. The molecular weight excluding hydrogens is 382 g/mol. The minimum absolute atomic E-state index is 0. The third-order valence-corrected chi connectivity index (χ3v) is 5.88. The molecule has 1 spiro atoms. The molecule has 0 unspecified atom stereocenters. The Morgan fingerprint density at radius 2 is 1.96 bits per heavy atom. The van der Waals surface area contributed by atoms with E-state index in [1.165, 1.54) is 6.92 Å². The number of nitrogens with two attached hydrogens (primary N) is 1. The average Bonchev–Trinajstić information content (AvgIpc) is 2.66. The zero-order valence-electron chi connectivity index (χ0n) is 16.5. The Morgan fingerprint density at radius 3 is 2.54 bits per heavy atom. The summed E-state index contributed by atoms with van der Waals surface area (Å²) in [6.45, 7) is 5.81. The molecule has 9 heteroatoms. The van der Waals surface area contributed by atoms with E-state index in [4.69, 9.17) is 5.73 Å². The van der Waals surface area contributed by atoms with Crippen molar-refractivity contribution in [3.8, 4) is 0 Å². The van der Waals surface area contributed by atoms with Crippen LogP contribution in [0.2, 0.25) is 0 Å². The lowest BCUT2D eigenvalue weighted by atomic mass is 9.72. The first kappa shape index (κ1) is 22.5. The second kappa shape index (κ2) is 9.15. The van der Waals surface area contributed by atoms with Crippen LogP contribution in [0.25, 0.3) is 0 Å². The topological polar surface area (TPSA) is 113 Å². The van der Waals surface area contributed by atoms with Gasteiger partial charge in [-0.15, -0.1) is 12.4 Å². The highest BCUT2D eigenvalue weighted by Crippen LogP contribution is 2.40. The van der Waals surface area contributed by atoms with Gasteiger partial charge in [0.15, 0.2) is 0 Å². The summed E-state index contributed by atoms with van der Waals surface area (Å²) in [6.07, 6.45) is 5.65. The summed E-state index contributed by atoms with van der Waals surface area (Å²) in [7, 11) is 0. The first-order valence-electron chi connectivity index (χ1n) is 9.57. The van der Waals surface area contributed by atoms with E-state index < -0.39 is 12.1 Å². The largest absolute Gasteiger partial charge is 0.391 e. The first-order chi connectivity index (χ1) is 12.8. The highest BCUT2D eigenvalue weighted by Gasteiger charge is 2.42. The van der Waals surface area contributed by atoms with Gasteiger partial charge >= 0.3 is 0 Å². The number of aromatic nitrogens is 2. The molecule has 3 N–H and O–H groups in total. The molecule has 28 heavy (non-hydrogen) atoms. The number of carbonyl (C=O) groups excluding carboxylic acids is 2. The maximum atomic E-state index is 12.4. The Bertz CT molecular complexity index is 689. The number of aliphatic hydroxyl groups excluding tert-OH is 1. The third-order valence-electron chi connectivity index (χ3n) is 5.88. The van der Waals surface area contributed by atoms with Crippen molar-refractivity contribution in [2.45, 2.75) is 58.2 Å². The molecule has 0 aliphatic carbocycles. The summed E-state index contributed by atoms with van der Waals surface area (Å²) < 4.78 is 0. The molecule has 2 saturated heterocycles. The van der Waals surface area contributed by atoms with E-state index in [2.05, 4.69) is 9.97 Å². The van der Waals surface area contributed by atoms with Crippen LogP contribution < -0.4 is 5.73 Å². The van der Waals surface area contributed by atoms with E-state index in [0.29, 0.717) is 32.6 Å². The lowest BCUT2D eigenvalue weighted by molar-refractivity contribution is -0.144. The molecule has 1 aromatic heterocycles. The lowest BCUT2D eigenvalue weighted by Gasteiger charge is -2.47. The van der Waals surface area contributed by atoms with Crippen LogP contribution in [0.5, 0.6) is 0 Å². The van der Waals surface area contributed by atoms with Crippen LogP contribution in [0.1, 0.15) is 44.0 Å². The summed E-state index contributed by atoms with van der Waals surface area (Å²) in [4.78, 5) is 37.0. The fourth-order valence-electron chi connectivity index (χ4n) is 3.97. The second-order valence-electron chi connectivity index (χ2n) is 7.99. The summed E-state index contributed by atoms with van der Waals surface area (Å²) in [5.74, 6) is -0.0452. The van der Waals surface area contributed by atoms with Gasteiger partial charge in [-0.1, -0.05) is 0 Å². The number of likely N-dealkylation sites (tertiary alicyclic amines) is 2. The summed E-state index contributed by atoms with van der Waals surface area (Å²) in [6, 6.07) is -0.872. The Hall–Kier alpha value is -1.77. The number of aliphatic hydroxyl groups is 1. The SMILES string of the molecule is Cc1cnc(CN2CC3(CCC2=O)CCN(C(=O)[C@H](N)[C@H](C)O)CC3)cn1.Cl. The molecule has 0 aromatic carbocycles. The van der Waals surface area contributed by atoms with E-state index in [1.54, 1.807) is 17.3 Å². The summed E-state index contributed by atoms with van der Waals surface area (Å²) in [5.41, 5.74) is 7.48. The lowest BCUT2D eigenvalue weighted by Crippen LogP contribution is -2.55. The average molecular weight is 412 g/mol. The number of aryl methyl sites for hydroxylation is 1. The maximum Gasteiger partial charge on any atom is 0.242 e. The zero-order chi connectivity index (χ0) is 19.6. The Labute approximate surface area is 171 Å². The molecular formula is C19H30ClN5O3. The second-order valence-corrected chi connectivity index (χ2v) is 7.99. The highest BCUT2D eigenvalue weighted by atomic mass is 35.5. The minimum atomic E-state index is -0.872. The van der Waals surface area contributed by atoms with Gasteiger partial charge in [0.2, 0.25) is 11.8 Å². The molecule has 0 saturated carbocycles. The molecule has 0 bridgehead atoms. The van der Waals surface area contributed by atoms with Gasteiger partial charge in [0, 0.05) is 32.3 Å². The van der Waals surface area contributed by atoms with Crippen LogP contribution in [0.3, 0.4) is 0 Å².